The molecule has 12 rings (SSSR count). The zero-order chi connectivity index (χ0) is 37.5. The average molecular weight is 764 g/mol. The first kappa shape index (κ1) is 32.3. The number of nitrogens with zero attached hydrogens (tertiary/aromatic N) is 3. The highest BCUT2D eigenvalue weighted by molar-refractivity contribution is 7.26. The van der Waals surface area contributed by atoms with E-state index in [1.807, 2.05) is 65.1 Å². The molecule has 4 heterocycles. The van der Waals surface area contributed by atoms with Crippen LogP contribution in [0.25, 0.3) is 119 Å². The Morgan fingerprint density at radius 1 is 0.316 bits per heavy atom. The lowest BCUT2D eigenvalue weighted by molar-refractivity contribution is 0.669. The number of fused-ring (bicyclic) bond motifs is 9. The molecule has 0 atom stereocenters. The van der Waals surface area contributed by atoms with Crippen LogP contribution in [0.2, 0.25) is 0 Å². The zero-order valence-electron chi connectivity index (χ0n) is 30.3. The van der Waals surface area contributed by atoms with Gasteiger partial charge in [0, 0.05) is 67.8 Å². The summed E-state index contributed by atoms with van der Waals surface area (Å²) in [7, 11) is 0. The smallest absolute Gasteiger partial charge is 0.164 e. The minimum Gasteiger partial charge on any atom is -0.456 e. The molecule has 0 N–H and O–H groups in total. The van der Waals surface area contributed by atoms with Gasteiger partial charge in [0.05, 0.1) is 0 Å². The molecule has 8 aromatic carbocycles. The number of para-hydroxylation sites is 1. The molecule has 0 saturated heterocycles. The molecule has 0 saturated carbocycles. The molecule has 6 heteroatoms. The molecule has 0 radical (unpaired) electrons. The Hall–Kier alpha value is -6.99. The molecule has 4 aromatic heterocycles. The molecule has 0 aliphatic rings. The van der Waals surface area contributed by atoms with E-state index in [4.69, 9.17) is 19.4 Å². The van der Waals surface area contributed by atoms with E-state index in [1.165, 1.54) is 57.2 Å². The van der Waals surface area contributed by atoms with Crippen LogP contribution in [-0.2, 0) is 0 Å². The number of rotatable bonds is 5. The van der Waals surface area contributed by atoms with Crippen molar-refractivity contribution in [2.24, 2.45) is 0 Å². The highest BCUT2D eigenvalue weighted by Gasteiger charge is 2.20. The minimum absolute atomic E-state index is 0.657. The van der Waals surface area contributed by atoms with Gasteiger partial charge in [-0.05, 0) is 64.7 Å². The number of benzene rings is 8. The standard InChI is InChI=1S/C51H29N3OS2/c1-3-13-30(14-4-1)49-52-50(31-15-5-2-6-16-31)54-51(53-49)38-20-12-24-43-47(38)37-26-25-32(28-44(37)57-43)33-27-39(48-36-18-8-10-23-42(36)56-45(48)29-33)34-19-11-22-41-46(34)35-17-7-9-21-40(35)55-41/h1-29H. The third-order valence-electron chi connectivity index (χ3n) is 10.9. The van der Waals surface area contributed by atoms with E-state index in [2.05, 4.69) is 133 Å². The second kappa shape index (κ2) is 12.8. The maximum Gasteiger partial charge on any atom is 0.164 e. The summed E-state index contributed by atoms with van der Waals surface area (Å²) in [5.41, 5.74) is 9.48. The summed E-state index contributed by atoms with van der Waals surface area (Å²) in [4.78, 5) is 15.1. The van der Waals surface area contributed by atoms with E-state index < -0.39 is 0 Å². The van der Waals surface area contributed by atoms with Crippen LogP contribution in [0.15, 0.2) is 180 Å². The van der Waals surface area contributed by atoms with Gasteiger partial charge in [-0.1, -0.05) is 133 Å². The monoisotopic (exact) mass is 763 g/mol. The first-order chi connectivity index (χ1) is 28.2. The van der Waals surface area contributed by atoms with Gasteiger partial charge in [-0.25, -0.2) is 15.0 Å². The lowest BCUT2D eigenvalue weighted by atomic mass is 9.92. The van der Waals surface area contributed by atoms with E-state index in [-0.39, 0.29) is 0 Å². The van der Waals surface area contributed by atoms with E-state index in [1.54, 1.807) is 0 Å². The summed E-state index contributed by atoms with van der Waals surface area (Å²) < 4.78 is 11.3. The second-order valence-electron chi connectivity index (χ2n) is 14.3. The van der Waals surface area contributed by atoms with Crippen LogP contribution in [-0.4, -0.2) is 15.0 Å². The Morgan fingerprint density at radius 2 is 0.895 bits per heavy atom. The number of thiophene rings is 2. The van der Waals surface area contributed by atoms with Crippen molar-refractivity contribution in [2.75, 3.05) is 0 Å². The molecule has 266 valence electrons. The summed E-state index contributed by atoms with van der Waals surface area (Å²) in [6.45, 7) is 0. The Bertz CT molecular complexity index is 3470. The van der Waals surface area contributed by atoms with Crippen molar-refractivity contribution in [1.82, 2.24) is 15.0 Å². The predicted molar refractivity (Wildman–Crippen MR) is 240 cm³/mol. The summed E-state index contributed by atoms with van der Waals surface area (Å²) >= 11 is 3.67. The van der Waals surface area contributed by atoms with E-state index in [0.717, 1.165) is 44.0 Å². The van der Waals surface area contributed by atoms with E-state index >= 15 is 0 Å². The molecule has 0 unspecified atom stereocenters. The normalized spacial score (nSPS) is 11.9. The number of furan rings is 1. The zero-order valence-corrected chi connectivity index (χ0v) is 31.9. The van der Waals surface area contributed by atoms with Crippen molar-refractivity contribution in [3.63, 3.8) is 0 Å². The topological polar surface area (TPSA) is 51.8 Å². The van der Waals surface area contributed by atoms with Gasteiger partial charge in [-0.2, -0.15) is 0 Å². The molecule has 0 spiro atoms. The maximum atomic E-state index is 6.38. The summed E-state index contributed by atoms with van der Waals surface area (Å²) in [6, 6.07) is 62.0. The van der Waals surface area contributed by atoms with Crippen molar-refractivity contribution in [2.45, 2.75) is 0 Å². The first-order valence-electron chi connectivity index (χ1n) is 18.9. The van der Waals surface area contributed by atoms with Gasteiger partial charge in [0.2, 0.25) is 0 Å². The molecule has 12 aromatic rings. The third-order valence-corrected chi connectivity index (χ3v) is 13.2. The fourth-order valence-electron chi connectivity index (χ4n) is 8.35. The van der Waals surface area contributed by atoms with Crippen molar-refractivity contribution in [3.8, 4) is 56.4 Å². The summed E-state index contributed by atoms with van der Waals surface area (Å²) in [6.07, 6.45) is 0. The van der Waals surface area contributed by atoms with Crippen molar-refractivity contribution in [1.29, 1.82) is 0 Å². The molecule has 0 fully saturated rings. The molecule has 0 bridgehead atoms. The first-order valence-corrected chi connectivity index (χ1v) is 20.6. The lowest BCUT2D eigenvalue weighted by Crippen LogP contribution is -2.00. The third kappa shape index (κ3) is 5.22. The van der Waals surface area contributed by atoms with Crippen LogP contribution in [0, 0.1) is 0 Å². The fourth-order valence-corrected chi connectivity index (χ4v) is 10.7. The minimum atomic E-state index is 0.657. The quantitative estimate of drug-likeness (QED) is 0.175. The van der Waals surface area contributed by atoms with Crippen molar-refractivity contribution in [3.05, 3.63) is 176 Å². The van der Waals surface area contributed by atoms with E-state index in [0.29, 0.717) is 17.5 Å². The molecule has 0 aliphatic heterocycles. The van der Waals surface area contributed by atoms with Crippen LogP contribution in [0.3, 0.4) is 0 Å². The van der Waals surface area contributed by atoms with Gasteiger partial charge in [-0.15, -0.1) is 22.7 Å². The highest BCUT2D eigenvalue weighted by atomic mass is 32.1. The molecule has 57 heavy (non-hydrogen) atoms. The van der Waals surface area contributed by atoms with Crippen molar-refractivity contribution >= 4 is 85.0 Å². The Balaban J connectivity index is 1.06. The molecule has 0 amide bonds. The lowest BCUT2D eigenvalue weighted by Gasteiger charge is -2.11. The second-order valence-corrected chi connectivity index (χ2v) is 16.5. The summed E-state index contributed by atoms with van der Waals surface area (Å²) in [5.74, 6) is 1.98. The number of hydrogen-bond acceptors (Lipinski definition) is 6. The van der Waals surface area contributed by atoms with Crippen LogP contribution in [0.4, 0.5) is 0 Å². The summed E-state index contributed by atoms with van der Waals surface area (Å²) in [5, 5.41) is 7.20. The van der Waals surface area contributed by atoms with Crippen LogP contribution >= 0.6 is 22.7 Å². The Morgan fingerprint density at radius 3 is 1.70 bits per heavy atom. The molecule has 4 nitrogen and oxygen atoms in total. The number of hydrogen-bond donors (Lipinski definition) is 0. The van der Waals surface area contributed by atoms with Crippen LogP contribution in [0.5, 0.6) is 0 Å². The average Bonchev–Trinajstić information content (AvgIpc) is 3.97. The maximum absolute atomic E-state index is 6.38. The Kier molecular flexibility index (Phi) is 7.24. The van der Waals surface area contributed by atoms with E-state index in [9.17, 15) is 0 Å². The van der Waals surface area contributed by atoms with Gasteiger partial charge in [-0.3, -0.25) is 0 Å². The largest absolute Gasteiger partial charge is 0.456 e. The predicted octanol–water partition coefficient (Wildman–Crippen LogP) is 14.8. The van der Waals surface area contributed by atoms with Gasteiger partial charge in [0.25, 0.3) is 0 Å². The molecular formula is C51H29N3OS2. The highest BCUT2D eigenvalue weighted by Crippen LogP contribution is 2.47. The van der Waals surface area contributed by atoms with Gasteiger partial charge < -0.3 is 4.42 Å². The van der Waals surface area contributed by atoms with Gasteiger partial charge in [0.15, 0.2) is 17.5 Å². The molecule has 0 aliphatic carbocycles. The Labute approximate surface area is 335 Å². The molecular weight excluding hydrogens is 735 g/mol. The van der Waals surface area contributed by atoms with Crippen LogP contribution in [0.1, 0.15) is 0 Å². The fraction of sp³-hybridized carbons (Fsp3) is 0. The van der Waals surface area contributed by atoms with Gasteiger partial charge >= 0.3 is 0 Å². The van der Waals surface area contributed by atoms with Gasteiger partial charge in [0.1, 0.15) is 11.2 Å². The van der Waals surface area contributed by atoms with Crippen LogP contribution < -0.4 is 0 Å². The SMILES string of the molecule is c1ccc(-c2nc(-c3ccccc3)nc(-c3cccc4sc5cc(-c6cc(-c7cccc8oc9ccccc9c78)c7c(c6)sc6ccccc67)ccc5c34)n2)cc1. The van der Waals surface area contributed by atoms with Crippen molar-refractivity contribution < 1.29 is 4.42 Å². The number of aromatic nitrogens is 3.